The molecule has 2 aromatic rings. The van der Waals surface area contributed by atoms with Crippen molar-refractivity contribution in [1.29, 1.82) is 0 Å². The maximum atomic E-state index is 12.1. The number of benzene rings is 2. The smallest absolute Gasteiger partial charge is 0.224 e. The maximum Gasteiger partial charge on any atom is 0.224 e. The first-order valence-corrected chi connectivity index (χ1v) is 8.77. The van der Waals surface area contributed by atoms with Crippen LogP contribution in [0.25, 0.3) is 0 Å². The number of carbonyl (C=O) groups is 2. The molecule has 0 saturated carbocycles. The number of anilines is 1. The Labute approximate surface area is 160 Å². The molecule has 27 heavy (non-hydrogen) atoms. The molecule has 0 aliphatic rings. The number of hydrogen-bond donors (Lipinski definition) is 1. The molecule has 0 aromatic heterocycles. The summed E-state index contributed by atoms with van der Waals surface area (Å²) in [5.41, 5.74) is 2.75. The lowest BCUT2D eigenvalue weighted by molar-refractivity contribution is -0.121. The van der Waals surface area contributed by atoms with Crippen molar-refractivity contribution in [3.8, 4) is 11.5 Å². The number of methoxy groups -OCH3 is 2. The number of amides is 2. The Hall–Kier alpha value is -3.02. The zero-order valence-corrected chi connectivity index (χ0v) is 16.2. The van der Waals surface area contributed by atoms with Crippen LogP contribution in [0, 0.1) is 6.92 Å². The summed E-state index contributed by atoms with van der Waals surface area (Å²) in [7, 11) is 3.11. The normalized spacial score (nSPS) is 10.2. The second-order valence-corrected chi connectivity index (χ2v) is 6.22. The fraction of sp³-hybridized carbons (Fsp3) is 0.333. The van der Waals surface area contributed by atoms with Crippen LogP contribution >= 0.6 is 0 Å². The highest BCUT2D eigenvalue weighted by atomic mass is 16.5. The van der Waals surface area contributed by atoms with E-state index in [9.17, 15) is 9.59 Å². The molecule has 0 bridgehead atoms. The second-order valence-electron chi connectivity index (χ2n) is 6.22. The van der Waals surface area contributed by atoms with E-state index in [4.69, 9.17) is 9.47 Å². The van der Waals surface area contributed by atoms with Crippen LogP contribution in [0.1, 0.15) is 18.1 Å². The summed E-state index contributed by atoms with van der Waals surface area (Å²) in [6.07, 6.45) is 0.312. The van der Waals surface area contributed by atoms with Crippen molar-refractivity contribution in [3.05, 3.63) is 53.6 Å². The lowest BCUT2D eigenvalue weighted by atomic mass is 10.1. The zero-order chi connectivity index (χ0) is 19.8. The minimum Gasteiger partial charge on any atom is -0.497 e. The largest absolute Gasteiger partial charge is 0.497 e. The first kappa shape index (κ1) is 20.3. The molecule has 6 heteroatoms. The number of nitrogens with zero attached hydrogens (tertiary/aromatic N) is 1. The molecule has 144 valence electrons. The zero-order valence-electron chi connectivity index (χ0n) is 16.2. The Morgan fingerprint density at radius 3 is 2.33 bits per heavy atom. The monoisotopic (exact) mass is 370 g/mol. The minimum atomic E-state index is -0.133. The molecule has 0 aliphatic heterocycles. The Balaban J connectivity index is 1.97. The van der Waals surface area contributed by atoms with Crippen molar-refractivity contribution >= 4 is 17.5 Å². The van der Waals surface area contributed by atoms with Crippen LogP contribution in [0.15, 0.2) is 42.5 Å². The van der Waals surface area contributed by atoms with Gasteiger partial charge in [-0.15, -0.1) is 0 Å². The third-order valence-electron chi connectivity index (χ3n) is 4.20. The highest BCUT2D eigenvalue weighted by molar-refractivity contribution is 5.93. The Bertz CT molecular complexity index is 787. The van der Waals surface area contributed by atoms with Crippen LogP contribution in [0.5, 0.6) is 11.5 Å². The van der Waals surface area contributed by atoms with Gasteiger partial charge in [-0.2, -0.15) is 0 Å². The third kappa shape index (κ3) is 5.74. The van der Waals surface area contributed by atoms with E-state index in [1.165, 1.54) is 6.92 Å². The maximum absolute atomic E-state index is 12.1. The van der Waals surface area contributed by atoms with Crippen molar-refractivity contribution in [2.24, 2.45) is 0 Å². The summed E-state index contributed by atoms with van der Waals surface area (Å²) in [5.74, 6) is 0.969. The highest BCUT2D eigenvalue weighted by Gasteiger charge is 2.17. The van der Waals surface area contributed by atoms with Gasteiger partial charge in [-0.1, -0.05) is 29.8 Å². The van der Waals surface area contributed by atoms with Crippen molar-refractivity contribution in [2.45, 2.75) is 20.3 Å². The SMILES string of the molecule is COc1ccc(N(CCNC(=O)Cc2ccc(C)cc2)C(C)=O)c(OC)c1. The molecule has 6 nitrogen and oxygen atoms in total. The van der Waals surface area contributed by atoms with E-state index in [0.29, 0.717) is 36.7 Å². The number of nitrogens with one attached hydrogen (secondary N) is 1. The van der Waals surface area contributed by atoms with Crippen LogP contribution in [0.3, 0.4) is 0 Å². The lowest BCUT2D eigenvalue weighted by Gasteiger charge is -2.23. The van der Waals surface area contributed by atoms with Gasteiger partial charge in [0.15, 0.2) is 0 Å². The molecular weight excluding hydrogens is 344 g/mol. The predicted molar refractivity (Wildman–Crippen MR) is 105 cm³/mol. The molecular formula is C21H26N2O4. The summed E-state index contributed by atoms with van der Waals surface area (Å²) in [4.78, 5) is 25.8. The van der Waals surface area contributed by atoms with Crippen molar-refractivity contribution < 1.29 is 19.1 Å². The van der Waals surface area contributed by atoms with Gasteiger partial charge < -0.3 is 19.7 Å². The Morgan fingerprint density at radius 2 is 1.74 bits per heavy atom. The van der Waals surface area contributed by atoms with E-state index in [0.717, 1.165) is 11.1 Å². The van der Waals surface area contributed by atoms with Crippen LogP contribution in [0.2, 0.25) is 0 Å². The number of hydrogen-bond acceptors (Lipinski definition) is 4. The summed E-state index contributed by atoms with van der Waals surface area (Å²) in [6, 6.07) is 13.1. The van der Waals surface area contributed by atoms with E-state index in [1.54, 1.807) is 37.3 Å². The first-order valence-electron chi connectivity index (χ1n) is 8.77. The first-order chi connectivity index (χ1) is 12.9. The van der Waals surface area contributed by atoms with Crippen LogP contribution < -0.4 is 19.7 Å². The van der Waals surface area contributed by atoms with Crippen molar-refractivity contribution in [3.63, 3.8) is 0 Å². The molecule has 2 aromatic carbocycles. The fourth-order valence-electron chi connectivity index (χ4n) is 2.72. The second kappa shape index (κ2) is 9.62. The highest BCUT2D eigenvalue weighted by Crippen LogP contribution is 2.32. The van der Waals surface area contributed by atoms with Crippen LogP contribution in [0.4, 0.5) is 5.69 Å². The molecule has 0 atom stereocenters. The summed E-state index contributed by atoms with van der Waals surface area (Å²) < 4.78 is 10.6. The van der Waals surface area contributed by atoms with Gasteiger partial charge in [-0.25, -0.2) is 0 Å². The van der Waals surface area contributed by atoms with Gasteiger partial charge in [0.05, 0.1) is 26.3 Å². The summed E-state index contributed by atoms with van der Waals surface area (Å²) in [6.45, 7) is 4.18. The summed E-state index contributed by atoms with van der Waals surface area (Å²) >= 11 is 0. The van der Waals surface area contributed by atoms with Gasteiger partial charge in [-0.3, -0.25) is 9.59 Å². The van der Waals surface area contributed by atoms with Gasteiger partial charge in [0.25, 0.3) is 0 Å². The third-order valence-corrected chi connectivity index (χ3v) is 4.20. The van der Waals surface area contributed by atoms with E-state index in [-0.39, 0.29) is 11.8 Å². The van der Waals surface area contributed by atoms with Gasteiger partial charge in [-0.05, 0) is 24.6 Å². The van der Waals surface area contributed by atoms with Crippen molar-refractivity contribution in [1.82, 2.24) is 5.32 Å². The fourth-order valence-corrected chi connectivity index (χ4v) is 2.72. The Kier molecular flexibility index (Phi) is 7.23. The number of carbonyl (C=O) groups excluding carboxylic acids is 2. The van der Waals surface area contributed by atoms with E-state index >= 15 is 0 Å². The average Bonchev–Trinajstić information content (AvgIpc) is 2.66. The quantitative estimate of drug-likeness (QED) is 0.776. The number of aryl methyl sites for hydroxylation is 1. The molecule has 2 rings (SSSR count). The molecule has 0 unspecified atom stereocenters. The van der Waals surface area contributed by atoms with Gasteiger partial charge >= 0.3 is 0 Å². The Morgan fingerprint density at radius 1 is 1.04 bits per heavy atom. The van der Waals surface area contributed by atoms with Crippen LogP contribution in [-0.2, 0) is 16.0 Å². The molecule has 0 heterocycles. The minimum absolute atomic E-state index is 0.0796. The molecule has 0 radical (unpaired) electrons. The molecule has 0 aliphatic carbocycles. The molecule has 2 amide bonds. The topological polar surface area (TPSA) is 67.9 Å². The number of rotatable bonds is 8. The standard InChI is InChI=1S/C21H26N2O4/c1-15-5-7-17(8-6-15)13-21(25)22-11-12-23(16(2)24)19-10-9-18(26-3)14-20(19)27-4/h5-10,14H,11-13H2,1-4H3,(H,22,25). The predicted octanol–water partition coefficient (Wildman–Crippen LogP) is 2.72. The van der Waals surface area contributed by atoms with Crippen molar-refractivity contribution in [2.75, 3.05) is 32.2 Å². The summed E-state index contributed by atoms with van der Waals surface area (Å²) in [5, 5.41) is 2.86. The lowest BCUT2D eigenvalue weighted by Crippen LogP contribution is -2.38. The van der Waals surface area contributed by atoms with E-state index < -0.39 is 0 Å². The average molecular weight is 370 g/mol. The van der Waals surface area contributed by atoms with E-state index in [1.807, 2.05) is 31.2 Å². The van der Waals surface area contributed by atoms with Gasteiger partial charge in [0.2, 0.25) is 11.8 Å². The molecule has 0 spiro atoms. The van der Waals surface area contributed by atoms with Gasteiger partial charge in [0, 0.05) is 26.1 Å². The molecule has 1 N–H and O–H groups in total. The van der Waals surface area contributed by atoms with E-state index in [2.05, 4.69) is 5.32 Å². The van der Waals surface area contributed by atoms with Crippen LogP contribution in [-0.4, -0.2) is 39.1 Å². The molecule has 0 fully saturated rings. The number of ether oxygens (including phenoxy) is 2. The van der Waals surface area contributed by atoms with Gasteiger partial charge in [0.1, 0.15) is 11.5 Å². The molecule has 0 saturated heterocycles.